The largest absolute Gasteiger partial charge is 0.454 e. The summed E-state index contributed by atoms with van der Waals surface area (Å²) in [6.07, 6.45) is 0. The molecule has 3 aliphatic heterocycles. The Kier molecular flexibility index (Phi) is 7.47. The van der Waals surface area contributed by atoms with Crippen molar-refractivity contribution in [2.75, 3.05) is 69.5 Å². The Labute approximate surface area is 238 Å². The van der Waals surface area contributed by atoms with E-state index in [1.807, 2.05) is 42.2 Å². The average molecular weight is 557 g/mol. The van der Waals surface area contributed by atoms with Crippen LogP contribution in [0.1, 0.15) is 36.6 Å². The number of nitrogens with zero attached hydrogens (tertiary/aromatic N) is 3. The molecule has 0 radical (unpaired) electrons. The summed E-state index contributed by atoms with van der Waals surface area (Å²) in [5, 5.41) is 2.92. The second-order valence-corrected chi connectivity index (χ2v) is 10.3. The van der Waals surface area contributed by atoms with E-state index < -0.39 is 0 Å². The summed E-state index contributed by atoms with van der Waals surface area (Å²) in [5.74, 6) is 0.710. The van der Waals surface area contributed by atoms with Gasteiger partial charge in [-0.2, -0.15) is 0 Å². The lowest BCUT2D eigenvalue weighted by atomic mass is 10.1. The van der Waals surface area contributed by atoms with E-state index in [1.54, 1.807) is 35.2 Å². The van der Waals surface area contributed by atoms with Gasteiger partial charge >= 0.3 is 0 Å². The smallest absolute Gasteiger partial charge is 0.256 e. The number of morpholine rings is 1. The van der Waals surface area contributed by atoms with E-state index in [1.165, 1.54) is 0 Å². The maximum absolute atomic E-state index is 13.7. The van der Waals surface area contributed by atoms with Gasteiger partial charge in [0.25, 0.3) is 17.7 Å². The zero-order valence-corrected chi connectivity index (χ0v) is 22.9. The zero-order chi connectivity index (χ0) is 28.3. The van der Waals surface area contributed by atoms with Crippen molar-refractivity contribution in [2.24, 2.45) is 0 Å². The SMILES string of the molecule is Cc1ccc(C(=O)N2CCN(c3ccc(NC(=O)c4ccc5c(c4)OCO5)cc3C(=O)N3CCOCC3)CC2)cc1. The maximum atomic E-state index is 13.7. The molecule has 0 aromatic heterocycles. The van der Waals surface area contributed by atoms with Crippen LogP contribution in [-0.2, 0) is 4.74 Å². The normalized spacial score (nSPS) is 16.5. The number of carbonyl (C=O) groups excluding carboxylic acids is 3. The first-order chi connectivity index (χ1) is 20.0. The van der Waals surface area contributed by atoms with Gasteiger partial charge in [-0.25, -0.2) is 0 Å². The quantitative estimate of drug-likeness (QED) is 0.514. The van der Waals surface area contributed by atoms with Crippen molar-refractivity contribution in [3.05, 3.63) is 82.9 Å². The molecule has 1 N–H and O–H groups in total. The lowest BCUT2D eigenvalue weighted by molar-refractivity contribution is 0.0303. The van der Waals surface area contributed by atoms with Crippen LogP contribution < -0.4 is 19.7 Å². The van der Waals surface area contributed by atoms with Crippen molar-refractivity contribution in [1.29, 1.82) is 0 Å². The number of amides is 3. The second kappa shape index (κ2) is 11.5. The number of carbonyl (C=O) groups is 3. The zero-order valence-electron chi connectivity index (χ0n) is 22.9. The van der Waals surface area contributed by atoms with Gasteiger partial charge < -0.3 is 34.2 Å². The molecule has 0 aliphatic carbocycles. The first-order valence-electron chi connectivity index (χ1n) is 13.8. The van der Waals surface area contributed by atoms with Crippen molar-refractivity contribution in [3.8, 4) is 11.5 Å². The fourth-order valence-corrected chi connectivity index (χ4v) is 5.27. The Balaban J connectivity index is 1.21. The van der Waals surface area contributed by atoms with E-state index in [-0.39, 0.29) is 24.5 Å². The lowest BCUT2D eigenvalue weighted by Crippen LogP contribution is -2.49. The second-order valence-electron chi connectivity index (χ2n) is 10.3. The molecule has 10 heteroatoms. The molecule has 0 saturated carbocycles. The van der Waals surface area contributed by atoms with Crippen LogP contribution in [0, 0.1) is 6.92 Å². The maximum Gasteiger partial charge on any atom is 0.256 e. The van der Waals surface area contributed by atoms with Crippen LogP contribution in [-0.4, -0.2) is 86.8 Å². The van der Waals surface area contributed by atoms with Crippen molar-refractivity contribution in [2.45, 2.75) is 6.92 Å². The lowest BCUT2D eigenvalue weighted by Gasteiger charge is -2.37. The number of fused-ring (bicyclic) bond motifs is 1. The number of ether oxygens (including phenoxy) is 3. The number of piperazine rings is 1. The number of hydrogen-bond donors (Lipinski definition) is 1. The van der Waals surface area contributed by atoms with Gasteiger partial charge in [0.2, 0.25) is 6.79 Å². The Morgan fingerprint density at radius 2 is 1.39 bits per heavy atom. The molecule has 3 aliphatic rings. The number of aryl methyl sites for hydroxylation is 1. The van der Waals surface area contributed by atoms with Crippen LogP contribution in [0.3, 0.4) is 0 Å². The van der Waals surface area contributed by atoms with Gasteiger partial charge in [-0.15, -0.1) is 0 Å². The van der Waals surface area contributed by atoms with Gasteiger partial charge in [-0.1, -0.05) is 17.7 Å². The molecule has 3 heterocycles. The molecular weight excluding hydrogens is 524 g/mol. The predicted octanol–water partition coefficient (Wildman–Crippen LogP) is 3.41. The number of benzene rings is 3. The summed E-state index contributed by atoms with van der Waals surface area (Å²) >= 11 is 0. The van der Waals surface area contributed by atoms with Gasteiger partial charge in [0, 0.05) is 61.8 Å². The van der Waals surface area contributed by atoms with Crippen LogP contribution in [0.4, 0.5) is 11.4 Å². The highest BCUT2D eigenvalue weighted by atomic mass is 16.7. The van der Waals surface area contributed by atoms with Gasteiger partial charge in [0.05, 0.1) is 18.8 Å². The Morgan fingerprint density at radius 1 is 0.707 bits per heavy atom. The molecule has 0 bridgehead atoms. The van der Waals surface area contributed by atoms with Crippen LogP contribution in [0.25, 0.3) is 0 Å². The van der Waals surface area contributed by atoms with Crippen LogP contribution >= 0.6 is 0 Å². The minimum atomic E-state index is -0.316. The summed E-state index contributed by atoms with van der Waals surface area (Å²) in [5.41, 5.74) is 4.02. The molecule has 41 heavy (non-hydrogen) atoms. The summed E-state index contributed by atoms with van der Waals surface area (Å²) in [4.78, 5) is 45.6. The number of rotatable bonds is 5. The molecule has 3 aromatic rings. The third-order valence-corrected chi connectivity index (χ3v) is 7.62. The fourth-order valence-electron chi connectivity index (χ4n) is 5.27. The van der Waals surface area contributed by atoms with Crippen LogP contribution in [0.2, 0.25) is 0 Å². The van der Waals surface area contributed by atoms with E-state index in [0.29, 0.717) is 86.4 Å². The highest BCUT2D eigenvalue weighted by molar-refractivity contribution is 6.06. The molecule has 0 unspecified atom stereocenters. The van der Waals surface area contributed by atoms with Crippen LogP contribution in [0.15, 0.2) is 60.7 Å². The molecule has 10 nitrogen and oxygen atoms in total. The Bertz CT molecular complexity index is 1460. The molecular formula is C31H32N4O6. The summed E-state index contributed by atoms with van der Waals surface area (Å²) in [7, 11) is 0. The highest BCUT2D eigenvalue weighted by Crippen LogP contribution is 2.33. The molecule has 2 fully saturated rings. The minimum Gasteiger partial charge on any atom is -0.454 e. The van der Waals surface area contributed by atoms with Crippen molar-refractivity contribution in [3.63, 3.8) is 0 Å². The van der Waals surface area contributed by atoms with E-state index in [9.17, 15) is 14.4 Å². The van der Waals surface area contributed by atoms with Crippen molar-refractivity contribution >= 4 is 29.1 Å². The first-order valence-corrected chi connectivity index (χ1v) is 13.8. The first kappa shape index (κ1) is 26.6. The van der Waals surface area contributed by atoms with E-state index in [4.69, 9.17) is 14.2 Å². The average Bonchev–Trinajstić information content (AvgIpc) is 3.49. The van der Waals surface area contributed by atoms with E-state index in [2.05, 4.69) is 10.2 Å². The van der Waals surface area contributed by atoms with E-state index >= 15 is 0 Å². The third-order valence-electron chi connectivity index (χ3n) is 7.62. The predicted molar refractivity (Wildman–Crippen MR) is 153 cm³/mol. The number of hydrogen-bond acceptors (Lipinski definition) is 7. The number of nitrogens with one attached hydrogen (secondary N) is 1. The third kappa shape index (κ3) is 5.69. The highest BCUT2D eigenvalue weighted by Gasteiger charge is 2.28. The van der Waals surface area contributed by atoms with Gasteiger partial charge in [-0.3, -0.25) is 14.4 Å². The Morgan fingerprint density at radius 3 is 2.15 bits per heavy atom. The monoisotopic (exact) mass is 556 g/mol. The van der Waals surface area contributed by atoms with Crippen molar-refractivity contribution < 1.29 is 28.6 Å². The molecule has 6 rings (SSSR count). The minimum absolute atomic E-state index is 0.0100. The molecule has 212 valence electrons. The summed E-state index contributed by atoms with van der Waals surface area (Å²) in [6.45, 7) is 6.37. The molecule has 3 amide bonds. The Hall–Kier alpha value is -4.57. The van der Waals surface area contributed by atoms with Crippen molar-refractivity contribution in [1.82, 2.24) is 9.80 Å². The summed E-state index contributed by atoms with van der Waals surface area (Å²) in [6, 6.07) is 18.1. The van der Waals surface area contributed by atoms with Gasteiger partial charge in [0.15, 0.2) is 11.5 Å². The molecule has 2 saturated heterocycles. The van der Waals surface area contributed by atoms with Gasteiger partial charge in [-0.05, 0) is 55.5 Å². The standard InChI is InChI=1S/C31H32N4O6/c1-21-2-4-22(5-3-21)30(37)34-12-10-33(11-13-34)26-8-7-24(19-25(26)31(38)35-14-16-39-17-15-35)32-29(36)23-6-9-27-28(18-23)41-20-40-27/h2-9,18-19H,10-17,20H2,1H3,(H,32,36). The molecule has 0 atom stereocenters. The van der Waals surface area contributed by atoms with Crippen LogP contribution in [0.5, 0.6) is 11.5 Å². The molecule has 0 spiro atoms. The fraction of sp³-hybridized carbons (Fsp3) is 0.323. The topological polar surface area (TPSA) is 101 Å². The van der Waals surface area contributed by atoms with E-state index in [0.717, 1.165) is 11.3 Å². The van der Waals surface area contributed by atoms with Gasteiger partial charge in [0.1, 0.15) is 0 Å². The summed E-state index contributed by atoms with van der Waals surface area (Å²) < 4.78 is 16.2. The molecule has 3 aromatic carbocycles. The number of anilines is 2.